The zero-order valence-electron chi connectivity index (χ0n) is 21.5. The van der Waals surface area contributed by atoms with Gasteiger partial charge < -0.3 is 39.6 Å². The van der Waals surface area contributed by atoms with E-state index in [1.165, 1.54) is 0 Å². The van der Waals surface area contributed by atoms with E-state index in [0.29, 0.717) is 32.4 Å². The van der Waals surface area contributed by atoms with Crippen molar-refractivity contribution in [2.45, 2.75) is 129 Å². The van der Waals surface area contributed by atoms with Crippen LogP contribution in [0.2, 0.25) is 0 Å². The Balaban J connectivity index is 2.12. The van der Waals surface area contributed by atoms with Gasteiger partial charge in [-0.15, -0.1) is 0 Å². The Labute approximate surface area is 198 Å². The van der Waals surface area contributed by atoms with Crippen LogP contribution >= 0.6 is 0 Å². The van der Waals surface area contributed by atoms with Crippen molar-refractivity contribution in [2.75, 3.05) is 13.1 Å². The molecule has 2 aliphatic heterocycles. The highest BCUT2D eigenvalue weighted by atomic mass is 16.7. The molecule has 0 radical (unpaired) electrons. The second kappa shape index (κ2) is 11.0. The van der Waals surface area contributed by atoms with Gasteiger partial charge in [0, 0.05) is 24.8 Å². The lowest BCUT2D eigenvalue weighted by molar-refractivity contribution is -0.340. The van der Waals surface area contributed by atoms with Gasteiger partial charge in [-0.05, 0) is 47.6 Å². The fourth-order valence-corrected chi connectivity index (χ4v) is 3.98. The van der Waals surface area contributed by atoms with Crippen LogP contribution in [0.4, 0.5) is 0 Å². The van der Waals surface area contributed by atoms with Crippen LogP contribution in [-0.4, -0.2) is 88.5 Å². The summed E-state index contributed by atoms with van der Waals surface area (Å²) in [5.74, 6) is 0.210. The fraction of sp³-hybridized carbons (Fsp3) is 0.958. The summed E-state index contributed by atoms with van der Waals surface area (Å²) in [6, 6.07) is 0. The smallest absolute Gasteiger partial charge is 0.187 e. The predicted octanol–water partition coefficient (Wildman–Crippen LogP) is 1.50. The minimum atomic E-state index is -1.34. The molecule has 0 spiro atoms. The topological polar surface area (TPSA) is 127 Å². The third-order valence-electron chi connectivity index (χ3n) is 6.91. The van der Waals surface area contributed by atoms with E-state index in [9.17, 15) is 20.1 Å². The minimum Gasteiger partial charge on any atom is -0.387 e. The predicted molar refractivity (Wildman–Crippen MR) is 123 cm³/mol. The number of carbonyl (C=O) groups excluding carboxylic acids is 1. The van der Waals surface area contributed by atoms with Crippen LogP contribution in [-0.2, 0) is 23.7 Å². The number of ether oxygens (including phenoxy) is 4. The van der Waals surface area contributed by atoms with Gasteiger partial charge in [0.2, 0.25) is 0 Å². The molecular weight excluding hydrogens is 430 g/mol. The number of rotatable bonds is 10. The van der Waals surface area contributed by atoms with Crippen molar-refractivity contribution in [3.8, 4) is 0 Å². The van der Waals surface area contributed by atoms with E-state index in [2.05, 4.69) is 5.32 Å². The van der Waals surface area contributed by atoms with Crippen molar-refractivity contribution >= 4 is 5.78 Å². The highest BCUT2D eigenvalue weighted by Crippen LogP contribution is 2.47. The van der Waals surface area contributed by atoms with Crippen molar-refractivity contribution in [3.63, 3.8) is 0 Å². The molecule has 194 valence electrons. The Morgan fingerprint density at radius 2 is 1.70 bits per heavy atom. The third-order valence-corrected chi connectivity index (χ3v) is 6.91. The number of aliphatic hydroxyl groups excluding tert-OH is 3. The Bertz CT molecular complexity index is 647. The van der Waals surface area contributed by atoms with Gasteiger partial charge in [-0.25, -0.2) is 0 Å². The lowest BCUT2D eigenvalue weighted by Gasteiger charge is -2.45. The van der Waals surface area contributed by atoms with E-state index in [-0.39, 0.29) is 5.78 Å². The molecule has 4 N–H and O–H groups in total. The SMILES string of the molecule is CCC(=O)CCCNCC1OC(OC(C)(C)C)C(O)C(O)C1OC1OC(C)(C)C(C)(C)C1O. The van der Waals surface area contributed by atoms with Gasteiger partial charge in [0.05, 0.1) is 11.2 Å². The van der Waals surface area contributed by atoms with Crippen molar-refractivity contribution in [2.24, 2.45) is 5.41 Å². The van der Waals surface area contributed by atoms with Gasteiger partial charge in [0.25, 0.3) is 0 Å². The van der Waals surface area contributed by atoms with Crippen LogP contribution in [0.15, 0.2) is 0 Å². The van der Waals surface area contributed by atoms with Crippen LogP contribution < -0.4 is 5.32 Å². The summed E-state index contributed by atoms with van der Waals surface area (Å²) >= 11 is 0. The maximum atomic E-state index is 11.5. The number of ketones is 1. The van der Waals surface area contributed by atoms with Crippen LogP contribution in [0.25, 0.3) is 0 Å². The zero-order valence-corrected chi connectivity index (χ0v) is 21.5. The average molecular weight is 476 g/mol. The summed E-state index contributed by atoms with van der Waals surface area (Å²) in [7, 11) is 0. The van der Waals surface area contributed by atoms with Crippen LogP contribution in [0, 0.1) is 5.41 Å². The monoisotopic (exact) mass is 475 g/mol. The van der Waals surface area contributed by atoms with Crippen molar-refractivity contribution in [1.82, 2.24) is 5.32 Å². The molecule has 7 atom stereocenters. The Hall–Kier alpha value is -0.650. The Morgan fingerprint density at radius 1 is 1.06 bits per heavy atom. The summed E-state index contributed by atoms with van der Waals surface area (Å²) in [6.07, 6.45) is -5.57. The van der Waals surface area contributed by atoms with E-state index in [4.69, 9.17) is 18.9 Å². The van der Waals surface area contributed by atoms with Crippen molar-refractivity contribution < 1.29 is 39.1 Å². The summed E-state index contributed by atoms with van der Waals surface area (Å²) in [5, 5.41) is 35.7. The molecule has 0 aromatic carbocycles. The average Bonchev–Trinajstić information content (AvgIpc) is 2.85. The second-order valence-corrected chi connectivity index (χ2v) is 11.2. The quantitative estimate of drug-likeness (QED) is 0.348. The molecule has 33 heavy (non-hydrogen) atoms. The largest absolute Gasteiger partial charge is 0.387 e. The minimum absolute atomic E-state index is 0.210. The standard InChI is InChI=1S/C24H45NO8/c1-9-14(26)11-10-12-25-13-15-18(16(27)17(28)20(30-15)32-22(2,3)4)31-21-19(29)23(5,6)24(7,8)33-21/h15-21,25,27-29H,9-13H2,1-8H3. The molecule has 9 nitrogen and oxygen atoms in total. The first-order chi connectivity index (χ1) is 15.1. The van der Waals surface area contributed by atoms with Gasteiger partial charge in [0.15, 0.2) is 12.6 Å². The molecule has 0 amide bonds. The number of carbonyl (C=O) groups is 1. The lowest BCUT2D eigenvalue weighted by atomic mass is 9.75. The van der Waals surface area contributed by atoms with Gasteiger partial charge in [-0.1, -0.05) is 20.8 Å². The van der Waals surface area contributed by atoms with Crippen LogP contribution in [0.5, 0.6) is 0 Å². The molecule has 7 unspecified atom stereocenters. The van der Waals surface area contributed by atoms with Gasteiger partial charge in [0.1, 0.15) is 36.3 Å². The molecule has 2 aliphatic rings. The molecule has 9 heteroatoms. The zero-order chi connectivity index (χ0) is 25.2. The molecule has 2 saturated heterocycles. The van der Waals surface area contributed by atoms with E-state index >= 15 is 0 Å². The Kier molecular flexibility index (Phi) is 9.49. The molecule has 0 saturated carbocycles. The first-order valence-electron chi connectivity index (χ1n) is 12.0. The second-order valence-electron chi connectivity index (χ2n) is 11.2. The Morgan fingerprint density at radius 3 is 2.21 bits per heavy atom. The molecule has 0 aromatic heterocycles. The molecule has 2 heterocycles. The van der Waals surface area contributed by atoms with Crippen molar-refractivity contribution in [3.05, 3.63) is 0 Å². The van der Waals surface area contributed by atoms with Gasteiger partial charge >= 0.3 is 0 Å². The maximum Gasteiger partial charge on any atom is 0.187 e. The molecule has 2 fully saturated rings. The highest BCUT2D eigenvalue weighted by molar-refractivity contribution is 5.77. The summed E-state index contributed by atoms with van der Waals surface area (Å²) in [4.78, 5) is 11.5. The van der Waals surface area contributed by atoms with Gasteiger partial charge in [-0.2, -0.15) is 0 Å². The first kappa shape index (κ1) is 28.6. The third kappa shape index (κ3) is 6.95. The number of nitrogens with one attached hydrogen (secondary N) is 1. The first-order valence-corrected chi connectivity index (χ1v) is 12.0. The van der Waals surface area contributed by atoms with Crippen LogP contribution in [0.3, 0.4) is 0 Å². The van der Waals surface area contributed by atoms with Crippen molar-refractivity contribution in [1.29, 1.82) is 0 Å². The number of hydrogen-bond donors (Lipinski definition) is 4. The fourth-order valence-electron chi connectivity index (χ4n) is 3.98. The molecular formula is C24H45NO8. The van der Waals surface area contributed by atoms with Gasteiger partial charge in [-0.3, -0.25) is 4.79 Å². The normalized spacial score (nSPS) is 36.2. The number of aliphatic hydroxyl groups is 3. The number of hydrogen-bond acceptors (Lipinski definition) is 9. The highest BCUT2D eigenvalue weighted by Gasteiger charge is 2.57. The maximum absolute atomic E-state index is 11.5. The van der Waals surface area contributed by atoms with E-state index in [0.717, 1.165) is 0 Å². The molecule has 0 aliphatic carbocycles. The summed E-state index contributed by atoms with van der Waals surface area (Å²) in [5.41, 5.74) is -1.85. The number of Topliss-reactive ketones (excluding diaryl/α,β-unsaturated/α-hetero) is 1. The van der Waals surface area contributed by atoms with E-state index in [1.807, 2.05) is 55.4 Å². The summed E-state index contributed by atoms with van der Waals surface area (Å²) in [6.45, 7) is 15.8. The van der Waals surface area contributed by atoms with E-state index in [1.54, 1.807) is 0 Å². The van der Waals surface area contributed by atoms with E-state index < -0.39 is 59.7 Å². The summed E-state index contributed by atoms with van der Waals surface area (Å²) < 4.78 is 23.9. The molecule has 0 bridgehead atoms. The van der Waals surface area contributed by atoms with Crippen LogP contribution in [0.1, 0.15) is 74.7 Å². The molecule has 0 aromatic rings. The molecule has 2 rings (SSSR count). The lowest BCUT2D eigenvalue weighted by Crippen LogP contribution is -2.63.